The summed E-state index contributed by atoms with van der Waals surface area (Å²) in [6.07, 6.45) is 3.46. The smallest absolute Gasteiger partial charge is 0.282 e. The summed E-state index contributed by atoms with van der Waals surface area (Å²) in [6.45, 7) is 4.70. The SMILES string of the molecule is C[C@@H]1CO[C@@H](C)CN1S(=O)(=O)N(C)C1CCC(N)CC1. The summed E-state index contributed by atoms with van der Waals surface area (Å²) in [5.74, 6) is 0. The summed E-state index contributed by atoms with van der Waals surface area (Å²) < 4.78 is 34.2. The zero-order valence-corrected chi connectivity index (χ0v) is 13.5. The van der Waals surface area contributed by atoms with Gasteiger partial charge < -0.3 is 10.5 Å². The van der Waals surface area contributed by atoms with Crippen molar-refractivity contribution in [1.29, 1.82) is 0 Å². The van der Waals surface area contributed by atoms with Gasteiger partial charge in [-0.3, -0.25) is 0 Å². The molecular formula is C13H27N3O3S. The zero-order valence-electron chi connectivity index (χ0n) is 12.7. The van der Waals surface area contributed by atoms with Crippen LogP contribution in [0, 0.1) is 0 Å². The molecule has 0 aromatic carbocycles. The predicted octanol–water partition coefficient (Wildman–Crippen LogP) is 0.542. The van der Waals surface area contributed by atoms with Crippen molar-refractivity contribution < 1.29 is 13.2 Å². The van der Waals surface area contributed by atoms with Crippen LogP contribution >= 0.6 is 0 Å². The van der Waals surface area contributed by atoms with Crippen LogP contribution in [0.15, 0.2) is 0 Å². The highest BCUT2D eigenvalue weighted by Crippen LogP contribution is 2.26. The molecule has 1 aliphatic carbocycles. The van der Waals surface area contributed by atoms with E-state index in [-0.39, 0.29) is 24.2 Å². The molecule has 0 aromatic heterocycles. The van der Waals surface area contributed by atoms with E-state index in [0.717, 1.165) is 25.7 Å². The minimum Gasteiger partial charge on any atom is -0.375 e. The van der Waals surface area contributed by atoms with Crippen molar-refractivity contribution in [2.75, 3.05) is 20.2 Å². The Bertz CT molecular complexity index is 421. The van der Waals surface area contributed by atoms with Crippen molar-refractivity contribution >= 4 is 10.2 Å². The van der Waals surface area contributed by atoms with Gasteiger partial charge >= 0.3 is 0 Å². The highest BCUT2D eigenvalue weighted by molar-refractivity contribution is 7.86. The van der Waals surface area contributed by atoms with E-state index < -0.39 is 10.2 Å². The van der Waals surface area contributed by atoms with Crippen molar-refractivity contribution in [3.05, 3.63) is 0 Å². The Balaban J connectivity index is 2.08. The highest BCUT2D eigenvalue weighted by atomic mass is 32.2. The van der Waals surface area contributed by atoms with E-state index in [4.69, 9.17) is 10.5 Å². The maximum absolute atomic E-state index is 12.8. The number of ether oxygens (including phenoxy) is 1. The van der Waals surface area contributed by atoms with Gasteiger partial charge in [-0.15, -0.1) is 0 Å². The number of rotatable bonds is 3. The van der Waals surface area contributed by atoms with E-state index in [0.29, 0.717) is 13.2 Å². The van der Waals surface area contributed by atoms with Crippen molar-refractivity contribution in [3.8, 4) is 0 Å². The van der Waals surface area contributed by atoms with Crippen LogP contribution in [0.3, 0.4) is 0 Å². The number of morpholine rings is 1. The van der Waals surface area contributed by atoms with Gasteiger partial charge in [-0.05, 0) is 39.5 Å². The summed E-state index contributed by atoms with van der Waals surface area (Å²) in [6, 6.07) is 0.194. The minimum absolute atomic E-state index is 0.0471. The number of nitrogens with zero attached hydrogens (tertiary/aromatic N) is 2. The van der Waals surface area contributed by atoms with Crippen LogP contribution in [-0.2, 0) is 14.9 Å². The summed E-state index contributed by atoms with van der Waals surface area (Å²) >= 11 is 0. The molecule has 1 saturated carbocycles. The van der Waals surface area contributed by atoms with Crippen molar-refractivity contribution in [3.63, 3.8) is 0 Å². The molecule has 0 unspecified atom stereocenters. The summed E-state index contributed by atoms with van der Waals surface area (Å²) in [5.41, 5.74) is 5.89. The number of hydrogen-bond donors (Lipinski definition) is 1. The van der Waals surface area contributed by atoms with Gasteiger partial charge in [-0.2, -0.15) is 17.0 Å². The Morgan fingerprint density at radius 3 is 2.40 bits per heavy atom. The lowest BCUT2D eigenvalue weighted by molar-refractivity contribution is -0.0194. The maximum atomic E-state index is 12.8. The van der Waals surface area contributed by atoms with E-state index in [1.807, 2.05) is 13.8 Å². The Morgan fingerprint density at radius 1 is 1.20 bits per heavy atom. The molecule has 0 bridgehead atoms. The van der Waals surface area contributed by atoms with Crippen LogP contribution in [0.25, 0.3) is 0 Å². The summed E-state index contributed by atoms with van der Waals surface area (Å²) in [5, 5.41) is 0. The molecule has 0 aromatic rings. The third-order valence-corrected chi connectivity index (χ3v) is 6.59. The molecule has 0 radical (unpaired) electrons. The van der Waals surface area contributed by atoms with Crippen LogP contribution in [0.4, 0.5) is 0 Å². The molecule has 6 nitrogen and oxygen atoms in total. The Hall–Kier alpha value is -0.210. The van der Waals surface area contributed by atoms with Crippen LogP contribution in [-0.4, -0.2) is 61.5 Å². The zero-order chi connectivity index (χ0) is 14.9. The molecule has 2 rings (SSSR count). The monoisotopic (exact) mass is 305 g/mol. The van der Waals surface area contributed by atoms with Gasteiger partial charge in [-0.25, -0.2) is 0 Å². The lowest BCUT2D eigenvalue weighted by Crippen LogP contribution is -2.56. The first-order valence-corrected chi connectivity index (χ1v) is 8.84. The second-order valence-corrected chi connectivity index (χ2v) is 8.10. The van der Waals surface area contributed by atoms with Gasteiger partial charge in [0, 0.05) is 31.7 Å². The number of hydrogen-bond acceptors (Lipinski definition) is 4. The standard InChI is InChI=1S/C13H27N3O3S/c1-10-9-19-11(2)8-16(10)20(17,18)15(3)13-6-4-12(14)5-7-13/h10-13H,4-9,14H2,1-3H3/t10-,11+,12?,13?/m1/s1. The molecule has 20 heavy (non-hydrogen) atoms. The maximum Gasteiger partial charge on any atom is 0.282 e. The van der Waals surface area contributed by atoms with E-state index in [2.05, 4.69) is 0 Å². The normalized spacial score (nSPS) is 37.2. The molecule has 0 amide bonds. The molecule has 2 atom stereocenters. The largest absolute Gasteiger partial charge is 0.375 e. The van der Waals surface area contributed by atoms with E-state index in [9.17, 15) is 8.42 Å². The van der Waals surface area contributed by atoms with Crippen LogP contribution < -0.4 is 5.73 Å². The molecule has 2 fully saturated rings. The molecule has 1 aliphatic heterocycles. The van der Waals surface area contributed by atoms with Gasteiger partial charge in [0.15, 0.2) is 0 Å². The highest BCUT2D eigenvalue weighted by Gasteiger charge is 2.38. The van der Waals surface area contributed by atoms with Gasteiger partial charge in [0.1, 0.15) is 0 Å². The fourth-order valence-electron chi connectivity index (χ4n) is 3.01. The lowest BCUT2D eigenvalue weighted by atomic mass is 9.92. The molecule has 1 saturated heterocycles. The van der Waals surface area contributed by atoms with Gasteiger partial charge in [0.25, 0.3) is 10.2 Å². The van der Waals surface area contributed by atoms with Gasteiger partial charge in [-0.1, -0.05) is 0 Å². The summed E-state index contributed by atoms with van der Waals surface area (Å²) in [4.78, 5) is 0. The predicted molar refractivity (Wildman–Crippen MR) is 78.5 cm³/mol. The first-order valence-electron chi connectivity index (χ1n) is 7.44. The van der Waals surface area contributed by atoms with Crippen LogP contribution in [0.5, 0.6) is 0 Å². The fraction of sp³-hybridized carbons (Fsp3) is 1.00. The second kappa shape index (κ2) is 6.27. The van der Waals surface area contributed by atoms with E-state index in [1.54, 1.807) is 15.7 Å². The first kappa shape index (κ1) is 16.2. The van der Waals surface area contributed by atoms with Gasteiger partial charge in [0.2, 0.25) is 0 Å². The van der Waals surface area contributed by atoms with Crippen LogP contribution in [0.1, 0.15) is 39.5 Å². The van der Waals surface area contributed by atoms with Crippen molar-refractivity contribution in [1.82, 2.24) is 8.61 Å². The Labute approximate surface area is 122 Å². The van der Waals surface area contributed by atoms with E-state index >= 15 is 0 Å². The molecule has 0 spiro atoms. The summed E-state index contributed by atoms with van der Waals surface area (Å²) in [7, 11) is -1.72. The molecule has 1 heterocycles. The molecule has 2 aliphatic rings. The fourth-order valence-corrected chi connectivity index (χ4v) is 4.85. The van der Waals surface area contributed by atoms with Gasteiger partial charge in [0.05, 0.1) is 12.7 Å². The molecule has 7 heteroatoms. The second-order valence-electron chi connectivity index (χ2n) is 6.16. The van der Waals surface area contributed by atoms with E-state index in [1.165, 1.54) is 0 Å². The third kappa shape index (κ3) is 3.33. The molecule has 118 valence electrons. The molecular weight excluding hydrogens is 278 g/mol. The van der Waals surface area contributed by atoms with Crippen molar-refractivity contribution in [2.45, 2.75) is 63.8 Å². The Morgan fingerprint density at radius 2 is 1.80 bits per heavy atom. The average molecular weight is 305 g/mol. The Kier molecular flexibility index (Phi) is 5.07. The third-order valence-electron chi connectivity index (χ3n) is 4.47. The van der Waals surface area contributed by atoms with Crippen LogP contribution in [0.2, 0.25) is 0 Å². The minimum atomic E-state index is -3.42. The lowest BCUT2D eigenvalue weighted by Gasteiger charge is -2.41. The first-order chi connectivity index (χ1) is 9.32. The average Bonchev–Trinajstić information content (AvgIpc) is 2.41. The van der Waals surface area contributed by atoms with Crippen molar-refractivity contribution in [2.24, 2.45) is 5.73 Å². The topological polar surface area (TPSA) is 75.9 Å². The molecule has 2 N–H and O–H groups in total. The quantitative estimate of drug-likeness (QED) is 0.826. The number of nitrogens with two attached hydrogens (primary N) is 1.